The Morgan fingerprint density at radius 2 is 1.58 bits per heavy atom. The van der Waals surface area contributed by atoms with Gasteiger partial charge in [-0.2, -0.15) is 0 Å². The van der Waals surface area contributed by atoms with Gasteiger partial charge in [-0.3, -0.25) is 0 Å². The van der Waals surface area contributed by atoms with Crippen LogP contribution in [0, 0.1) is 0 Å². The standard InChI is InChI=1S/C24H25NO/c1-26-22-9-5-8-20(15-22)17-25-24-16-23(24)21-12-10-19(11-13-21)14-18-6-3-2-4-7-18/h2-13,15,23-25H,14,16-17H2,1H3. The van der Waals surface area contributed by atoms with Gasteiger partial charge in [0.2, 0.25) is 0 Å². The van der Waals surface area contributed by atoms with Gasteiger partial charge in [-0.1, -0.05) is 66.7 Å². The van der Waals surface area contributed by atoms with E-state index in [2.05, 4.69) is 72.0 Å². The maximum atomic E-state index is 5.29. The van der Waals surface area contributed by atoms with Crippen LogP contribution in [0.25, 0.3) is 0 Å². The largest absolute Gasteiger partial charge is 0.497 e. The number of nitrogens with one attached hydrogen (secondary N) is 1. The van der Waals surface area contributed by atoms with Crippen molar-refractivity contribution in [3.63, 3.8) is 0 Å². The summed E-state index contributed by atoms with van der Waals surface area (Å²) in [5, 5.41) is 3.67. The minimum atomic E-state index is 0.584. The Bertz CT molecular complexity index is 842. The molecule has 1 saturated carbocycles. The minimum Gasteiger partial charge on any atom is -0.497 e. The molecule has 2 unspecified atom stereocenters. The van der Waals surface area contributed by atoms with E-state index >= 15 is 0 Å². The quantitative estimate of drug-likeness (QED) is 0.657. The molecule has 0 aromatic heterocycles. The predicted octanol–water partition coefficient (Wildman–Crippen LogP) is 4.93. The van der Waals surface area contributed by atoms with Gasteiger partial charge < -0.3 is 10.1 Å². The zero-order chi connectivity index (χ0) is 17.8. The zero-order valence-electron chi connectivity index (χ0n) is 15.2. The lowest BCUT2D eigenvalue weighted by Crippen LogP contribution is -2.17. The smallest absolute Gasteiger partial charge is 0.119 e. The van der Waals surface area contributed by atoms with Gasteiger partial charge in [0.25, 0.3) is 0 Å². The SMILES string of the molecule is COc1cccc(CNC2CC2c2ccc(Cc3ccccc3)cc2)c1. The van der Waals surface area contributed by atoms with Crippen LogP contribution in [-0.4, -0.2) is 13.2 Å². The molecule has 0 amide bonds. The first-order valence-corrected chi connectivity index (χ1v) is 9.31. The highest BCUT2D eigenvalue weighted by atomic mass is 16.5. The van der Waals surface area contributed by atoms with Gasteiger partial charge >= 0.3 is 0 Å². The summed E-state index contributed by atoms with van der Waals surface area (Å²) in [7, 11) is 1.71. The fraction of sp³-hybridized carbons (Fsp3) is 0.250. The Morgan fingerprint density at radius 1 is 0.846 bits per heavy atom. The zero-order valence-corrected chi connectivity index (χ0v) is 15.2. The van der Waals surface area contributed by atoms with E-state index in [-0.39, 0.29) is 0 Å². The van der Waals surface area contributed by atoms with Crippen molar-refractivity contribution in [2.45, 2.75) is 31.3 Å². The van der Waals surface area contributed by atoms with Gasteiger partial charge in [0.05, 0.1) is 7.11 Å². The van der Waals surface area contributed by atoms with Crippen LogP contribution in [0.2, 0.25) is 0 Å². The van der Waals surface area contributed by atoms with Crippen molar-refractivity contribution in [1.29, 1.82) is 0 Å². The fourth-order valence-corrected chi connectivity index (χ4v) is 3.53. The molecule has 132 valence electrons. The lowest BCUT2D eigenvalue weighted by molar-refractivity contribution is 0.414. The molecule has 1 N–H and O–H groups in total. The summed E-state index contributed by atoms with van der Waals surface area (Å²) in [6.45, 7) is 0.893. The van der Waals surface area contributed by atoms with Gasteiger partial charge in [0.15, 0.2) is 0 Å². The molecule has 0 heterocycles. The normalized spacial score (nSPS) is 18.5. The predicted molar refractivity (Wildman–Crippen MR) is 107 cm³/mol. The highest BCUT2D eigenvalue weighted by molar-refractivity contribution is 5.34. The van der Waals surface area contributed by atoms with Gasteiger partial charge in [-0.25, -0.2) is 0 Å². The maximum absolute atomic E-state index is 5.29. The summed E-state index contributed by atoms with van der Waals surface area (Å²) < 4.78 is 5.29. The lowest BCUT2D eigenvalue weighted by atomic mass is 10.0. The van der Waals surface area contributed by atoms with E-state index in [1.807, 2.05) is 12.1 Å². The third kappa shape index (κ3) is 4.14. The first-order valence-electron chi connectivity index (χ1n) is 9.31. The molecule has 0 aliphatic heterocycles. The Kier molecular flexibility index (Phi) is 5.03. The van der Waals surface area contributed by atoms with E-state index < -0.39 is 0 Å². The molecule has 0 bridgehead atoms. The van der Waals surface area contributed by atoms with Crippen LogP contribution >= 0.6 is 0 Å². The first-order chi connectivity index (χ1) is 12.8. The second kappa shape index (κ2) is 7.76. The Hall–Kier alpha value is -2.58. The van der Waals surface area contributed by atoms with Crippen LogP contribution in [0.1, 0.15) is 34.6 Å². The van der Waals surface area contributed by atoms with Crippen molar-refractivity contribution in [3.8, 4) is 5.75 Å². The number of hydrogen-bond acceptors (Lipinski definition) is 2. The average Bonchev–Trinajstić information content (AvgIpc) is 3.48. The van der Waals surface area contributed by atoms with Crippen LogP contribution in [0.15, 0.2) is 78.9 Å². The summed E-state index contributed by atoms with van der Waals surface area (Å²) in [4.78, 5) is 0. The molecular formula is C24H25NO. The Balaban J connectivity index is 1.30. The first kappa shape index (κ1) is 16.9. The molecule has 0 spiro atoms. The van der Waals surface area contributed by atoms with E-state index in [4.69, 9.17) is 4.74 Å². The molecule has 2 heteroatoms. The summed E-state index contributed by atoms with van der Waals surface area (Å²) in [5.74, 6) is 1.57. The second-order valence-corrected chi connectivity index (χ2v) is 7.09. The number of rotatable bonds is 7. The topological polar surface area (TPSA) is 21.3 Å². The minimum absolute atomic E-state index is 0.584. The molecule has 26 heavy (non-hydrogen) atoms. The van der Waals surface area contributed by atoms with E-state index in [0.29, 0.717) is 12.0 Å². The number of benzene rings is 3. The van der Waals surface area contributed by atoms with Crippen molar-refractivity contribution in [2.24, 2.45) is 0 Å². The summed E-state index contributed by atoms with van der Waals surface area (Å²) in [6.07, 6.45) is 2.23. The highest BCUT2D eigenvalue weighted by Gasteiger charge is 2.37. The monoisotopic (exact) mass is 343 g/mol. The van der Waals surface area contributed by atoms with Gasteiger partial charge in [-0.05, 0) is 47.2 Å². The van der Waals surface area contributed by atoms with Gasteiger partial charge in [-0.15, -0.1) is 0 Å². The molecule has 1 aliphatic rings. The van der Waals surface area contributed by atoms with Crippen molar-refractivity contribution >= 4 is 0 Å². The summed E-state index contributed by atoms with van der Waals surface area (Å²) >= 11 is 0. The van der Waals surface area contributed by atoms with Crippen LogP contribution < -0.4 is 10.1 Å². The molecule has 1 aliphatic carbocycles. The van der Waals surface area contributed by atoms with Crippen LogP contribution in [0.3, 0.4) is 0 Å². The molecule has 1 fully saturated rings. The molecule has 2 atom stereocenters. The van der Waals surface area contributed by atoms with Crippen LogP contribution in [0.5, 0.6) is 5.75 Å². The molecule has 0 radical (unpaired) electrons. The molecule has 2 nitrogen and oxygen atoms in total. The van der Waals surface area contributed by atoms with E-state index in [1.54, 1.807) is 7.11 Å². The highest BCUT2D eigenvalue weighted by Crippen LogP contribution is 2.41. The number of methoxy groups -OCH3 is 1. The Morgan fingerprint density at radius 3 is 2.35 bits per heavy atom. The third-order valence-corrected chi connectivity index (χ3v) is 5.15. The van der Waals surface area contributed by atoms with Crippen LogP contribution in [-0.2, 0) is 13.0 Å². The number of hydrogen-bond donors (Lipinski definition) is 1. The second-order valence-electron chi connectivity index (χ2n) is 7.09. The molecule has 3 aromatic rings. The number of ether oxygens (including phenoxy) is 1. The van der Waals surface area contributed by atoms with Crippen molar-refractivity contribution < 1.29 is 4.74 Å². The van der Waals surface area contributed by atoms with Crippen LogP contribution in [0.4, 0.5) is 0 Å². The van der Waals surface area contributed by atoms with Crippen molar-refractivity contribution in [2.75, 3.05) is 7.11 Å². The summed E-state index contributed by atoms with van der Waals surface area (Å²) in [6, 6.07) is 28.7. The lowest BCUT2D eigenvalue weighted by Gasteiger charge is -2.07. The van der Waals surface area contributed by atoms with E-state index in [0.717, 1.165) is 18.7 Å². The summed E-state index contributed by atoms with van der Waals surface area (Å²) in [5.41, 5.74) is 5.46. The van der Waals surface area contributed by atoms with E-state index in [1.165, 1.54) is 28.7 Å². The molecular weight excluding hydrogens is 318 g/mol. The third-order valence-electron chi connectivity index (χ3n) is 5.15. The fourth-order valence-electron chi connectivity index (χ4n) is 3.53. The van der Waals surface area contributed by atoms with Gasteiger partial charge in [0, 0.05) is 18.5 Å². The van der Waals surface area contributed by atoms with Crippen molar-refractivity contribution in [3.05, 3.63) is 101 Å². The van der Waals surface area contributed by atoms with Crippen molar-refractivity contribution in [1.82, 2.24) is 5.32 Å². The maximum Gasteiger partial charge on any atom is 0.119 e. The van der Waals surface area contributed by atoms with Gasteiger partial charge in [0.1, 0.15) is 5.75 Å². The molecule has 4 rings (SSSR count). The molecule has 3 aromatic carbocycles. The average molecular weight is 343 g/mol. The molecule has 0 saturated heterocycles. The van der Waals surface area contributed by atoms with E-state index in [9.17, 15) is 0 Å². The Labute approximate surface area is 155 Å².